The molecule has 0 unspecified atom stereocenters. The summed E-state index contributed by atoms with van der Waals surface area (Å²) in [6.45, 7) is 8.69. The molecule has 0 saturated heterocycles. The van der Waals surface area contributed by atoms with Crippen molar-refractivity contribution in [1.29, 1.82) is 0 Å². The fourth-order valence-corrected chi connectivity index (χ4v) is 4.89. The molecule has 0 aliphatic carbocycles. The van der Waals surface area contributed by atoms with Gasteiger partial charge in [0, 0.05) is 22.6 Å². The van der Waals surface area contributed by atoms with Crippen molar-refractivity contribution in [3.63, 3.8) is 0 Å². The fourth-order valence-electron chi connectivity index (χ4n) is 3.59. The number of rotatable bonds is 10. The summed E-state index contributed by atoms with van der Waals surface area (Å²) in [5.41, 5.74) is 2.71. The molecular weight excluding hydrogens is 509 g/mol. The third-order valence-electron chi connectivity index (χ3n) is 5.70. The second-order valence-electron chi connectivity index (χ2n) is 8.87. The maximum atomic E-state index is 13.6. The number of nitrogens with one attached hydrogen (secondary N) is 1. The first-order valence-corrected chi connectivity index (χ1v) is 13.9. The van der Waals surface area contributed by atoms with Crippen LogP contribution in [0, 0.1) is 13.8 Å². The molecule has 0 heterocycles. The number of carbonyl (C=O) groups is 2. The van der Waals surface area contributed by atoms with Crippen LogP contribution in [0.25, 0.3) is 0 Å². The van der Waals surface area contributed by atoms with Crippen molar-refractivity contribution in [2.75, 3.05) is 17.1 Å². The van der Waals surface area contributed by atoms with E-state index in [2.05, 4.69) is 5.32 Å². The van der Waals surface area contributed by atoms with Crippen LogP contribution in [0.2, 0.25) is 10.0 Å². The average molecular weight is 543 g/mol. The van der Waals surface area contributed by atoms with Gasteiger partial charge in [-0.1, -0.05) is 42.3 Å². The molecule has 10 heteroatoms. The largest absolute Gasteiger partial charge is 0.352 e. The Kier molecular flexibility index (Phi) is 10.0. The number of benzene rings is 2. The molecule has 0 aliphatic rings. The zero-order valence-electron chi connectivity index (χ0n) is 20.9. The van der Waals surface area contributed by atoms with E-state index in [-0.39, 0.29) is 18.5 Å². The topological polar surface area (TPSA) is 86.8 Å². The van der Waals surface area contributed by atoms with Crippen LogP contribution in [-0.2, 0) is 26.2 Å². The first-order chi connectivity index (χ1) is 16.2. The van der Waals surface area contributed by atoms with Gasteiger partial charge in [0.1, 0.15) is 12.6 Å². The third-order valence-corrected chi connectivity index (χ3v) is 7.43. The molecule has 2 aromatic carbocycles. The average Bonchev–Trinajstić information content (AvgIpc) is 2.74. The lowest BCUT2D eigenvalue weighted by Crippen LogP contribution is -2.52. The molecule has 0 fully saturated rings. The molecule has 2 aromatic rings. The number of nitrogens with zero attached hydrogens (tertiary/aromatic N) is 2. The molecular formula is C25H33Cl2N3O4S. The zero-order chi connectivity index (χ0) is 26.5. The lowest BCUT2D eigenvalue weighted by Gasteiger charge is -2.32. The number of halogens is 2. The van der Waals surface area contributed by atoms with E-state index < -0.39 is 28.5 Å². The van der Waals surface area contributed by atoms with Gasteiger partial charge in [0.15, 0.2) is 0 Å². The van der Waals surface area contributed by atoms with Crippen LogP contribution >= 0.6 is 23.2 Å². The molecule has 2 amide bonds. The van der Waals surface area contributed by atoms with Gasteiger partial charge in [0.2, 0.25) is 21.8 Å². The molecule has 1 N–H and O–H groups in total. The highest BCUT2D eigenvalue weighted by atomic mass is 35.5. The van der Waals surface area contributed by atoms with Crippen LogP contribution in [0.5, 0.6) is 0 Å². The third kappa shape index (κ3) is 8.12. The summed E-state index contributed by atoms with van der Waals surface area (Å²) in [6, 6.07) is 9.27. The highest BCUT2D eigenvalue weighted by Gasteiger charge is 2.31. The minimum atomic E-state index is -3.79. The van der Waals surface area contributed by atoms with Gasteiger partial charge in [-0.15, -0.1) is 0 Å². The van der Waals surface area contributed by atoms with E-state index in [1.807, 2.05) is 33.8 Å². The van der Waals surface area contributed by atoms with E-state index in [1.54, 1.807) is 37.3 Å². The molecule has 0 spiro atoms. The Hall–Kier alpha value is -2.29. The Balaban J connectivity index is 2.45. The normalized spacial score (nSPS) is 13.1. The lowest BCUT2D eigenvalue weighted by atomic mass is 10.1. The molecule has 192 valence electrons. The van der Waals surface area contributed by atoms with Gasteiger partial charge < -0.3 is 10.2 Å². The van der Waals surface area contributed by atoms with Crippen LogP contribution in [0.15, 0.2) is 36.4 Å². The fraction of sp³-hybridized carbons (Fsp3) is 0.440. The summed E-state index contributed by atoms with van der Waals surface area (Å²) in [7, 11) is -3.79. The Morgan fingerprint density at radius 3 is 2.14 bits per heavy atom. The Morgan fingerprint density at radius 1 is 1.03 bits per heavy atom. The molecule has 0 aromatic heterocycles. The van der Waals surface area contributed by atoms with Crippen molar-refractivity contribution < 1.29 is 18.0 Å². The maximum absolute atomic E-state index is 13.6. The summed E-state index contributed by atoms with van der Waals surface area (Å²) < 4.78 is 26.4. The monoisotopic (exact) mass is 541 g/mol. The van der Waals surface area contributed by atoms with Gasteiger partial charge in [-0.05, 0) is 75.1 Å². The van der Waals surface area contributed by atoms with E-state index in [4.69, 9.17) is 23.2 Å². The molecule has 35 heavy (non-hydrogen) atoms. The van der Waals surface area contributed by atoms with Gasteiger partial charge in [0.05, 0.1) is 11.9 Å². The lowest BCUT2D eigenvalue weighted by molar-refractivity contribution is -0.139. The van der Waals surface area contributed by atoms with Crippen LogP contribution in [-0.4, -0.2) is 50.0 Å². The number of sulfonamides is 1. The van der Waals surface area contributed by atoms with Crippen molar-refractivity contribution >= 4 is 50.7 Å². The van der Waals surface area contributed by atoms with Gasteiger partial charge in [-0.3, -0.25) is 13.9 Å². The van der Waals surface area contributed by atoms with Crippen LogP contribution in [0.3, 0.4) is 0 Å². The van der Waals surface area contributed by atoms with Gasteiger partial charge in [-0.2, -0.15) is 0 Å². The van der Waals surface area contributed by atoms with Crippen molar-refractivity contribution in [3.05, 3.63) is 63.1 Å². The Bertz CT molecular complexity index is 1170. The van der Waals surface area contributed by atoms with Crippen molar-refractivity contribution in [1.82, 2.24) is 10.2 Å². The summed E-state index contributed by atoms with van der Waals surface area (Å²) in [5.74, 6) is -0.873. The number of hydrogen-bond donors (Lipinski definition) is 1. The van der Waals surface area contributed by atoms with E-state index in [0.29, 0.717) is 21.3 Å². The van der Waals surface area contributed by atoms with Gasteiger partial charge >= 0.3 is 0 Å². The number of aryl methyl sites for hydroxylation is 2. The minimum absolute atomic E-state index is 0.00831. The predicted octanol–water partition coefficient (Wildman–Crippen LogP) is 4.71. The number of anilines is 1. The quantitative estimate of drug-likeness (QED) is 0.471. The smallest absolute Gasteiger partial charge is 0.244 e. The van der Waals surface area contributed by atoms with E-state index in [9.17, 15) is 18.0 Å². The summed E-state index contributed by atoms with van der Waals surface area (Å²) in [6.07, 6.45) is 1.78. The number of hydrogen-bond acceptors (Lipinski definition) is 4. The van der Waals surface area contributed by atoms with Gasteiger partial charge in [-0.25, -0.2) is 8.42 Å². The molecule has 0 saturated carbocycles. The second-order valence-corrected chi connectivity index (χ2v) is 11.6. The maximum Gasteiger partial charge on any atom is 0.244 e. The summed E-state index contributed by atoms with van der Waals surface area (Å²) in [4.78, 5) is 27.9. The highest BCUT2D eigenvalue weighted by molar-refractivity contribution is 7.92. The first-order valence-electron chi connectivity index (χ1n) is 11.3. The van der Waals surface area contributed by atoms with E-state index in [0.717, 1.165) is 28.1 Å². The Labute approximate surface area is 218 Å². The second kappa shape index (κ2) is 12.1. The standard InChI is InChI=1S/C25H33Cl2N3O4S/c1-7-18(4)28-25(32)19(5)29(14-20-8-9-21(26)13-23(20)27)24(31)15-30(35(6,33)34)22-11-16(2)10-17(3)12-22/h8-13,18-19H,7,14-15H2,1-6H3,(H,28,32)/t18-,19-/m0/s1. The highest BCUT2D eigenvalue weighted by Crippen LogP contribution is 2.25. The minimum Gasteiger partial charge on any atom is -0.352 e. The molecule has 2 rings (SSSR count). The SMILES string of the molecule is CC[C@H](C)NC(=O)[C@H](C)N(Cc1ccc(Cl)cc1Cl)C(=O)CN(c1cc(C)cc(C)c1)S(C)(=O)=O. The molecule has 0 radical (unpaired) electrons. The van der Waals surface area contributed by atoms with Crippen molar-refractivity contribution in [2.24, 2.45) is 0 Å². The van der Waals surface area contributed by atoms with E-state index in [1.165, 1.54) is 4.90 Å². The van der Waals surface area contributed by atoms with E-state index >= 15 is 0 Å². The summed E-state index contributed by atoms with van der Waals surface area (Å²) >= 11 is 12.4. The predicted molar refractivity (Wildman–Crippen MR) is 142 cm³/mol. The molecule has 7 nitrogen and oxygen atoms in total. The molecule has 2 atom stereocenters. The first kappa shape index (κ1) is 28.9. The van der Waals surface area contributed by atoms with Crippen molar-refractivity contribution in [3.8, 4) is 0 Å². The van der Waals surface area contributed by atoms with Crippen LogP contribution in [0.1, 0.15) is 43.9 Å². The zero-order valence-corrected chi connectivity index (χ0v) is 23.3. The van der Waals surface area contributed by atoms with Crippen molar-refractivity contribution in [2.45, 2.75) is 59.7 Å². The number of amides is 2. The summed E-state index contributed by atoms with van der Waals surface area (Å²) in [5, 5.41) is 3.67. The molecule has 0 bridgehead atoms. The van der Waals surface area contributed by atoms with Crippen LogP contribution < -0.4 is 9.62 Å². The van der Waals surface area contributed by atoms with Gasteiger partial charge in [0.25, 0.3) is 0 Å². The number of carbonyl (C=O) groups excluding carboxylic acids is 2. The Morgan fingerprint density at radius 2 is 1.63 bits per heavy atom. The molecule has 0 aliphatic heterocycles. The van der Waals surface area contributed by atoms with Crippen LogP contribution in [0.4, 0.5) is 5.69 Å².